The van der Waals surface area contributed by atoms with Gasteiger partial charge in [0, 0.05) is 10.0 Å². The van der Waals surface area contributed by atoms with Crippen molar-refractivity contribution in [1.29, 1.82) is 0 Å². The Labute approximate surface area is 117 Å². The third-order valence-corrected chi connectivity index (χ3v) is 3.41. The van der Waals surface area contributed by atoms with E-state index in [0.717, 1.165) is 18.2 Å². The van der Waals surface area contributed by atoms with Crippen LogP contribution in [-0.2, 0) is 0 Å². The molecule has 1 nitrogen and oxygen atoms in total. The van der Waals surface area contributed by atoms with Gasteiger partial charge in [0.1, 0.15) is 17.5 Å². The van der Waals surface area contributed by atoms with Crippen molar-refractivity contribution in [3.05, 3.63) is 63.9 Å². The molecule has 0 aliphatic carbocycles. The monoisotopic (exact) mass is 329 g/mol. The summed E-state index contributed by atoms with van der Waals surface area (Å²) in [6.45, 7) is 1.64. The first-order chi connectivity index (χ1) is 8.99. The van der Waals surface area contributed by atoms with Crippen LogP contribution in [0.2, 0.25) is 0 Å². The van der Waals surface area contributed by atoms with Gasteiger partial charge in [-0.05, 0) is 53.2 Å². The fraction of sp³-hybridized carbons (Fsp3) is 0.143. The molecular formula is C14H11BrF3N. The second-order valence-corrected chi connectivity index (χ2v) is 4.98. The van der Waals surface area contributed by atoms with Crippen LogP contribution in [0.25, 0.3) is 0 Å². The minimum Gasteiger partial charge on any atom is -0.375 e. The van der Waals surface area contributed by atoms with Gasteiger partial charge < -0.3 is 5.32 Å². The van der Waals surface area contributed by atoms with E-state index in [-0.39, 0.29) is 11.3 Å². The average molecular weight is 330 g/mol. The maximum Gasteiger partial charge on any atom is 0.147 e. The minimum atomic E-state index is -0.566. The van der Waals surface area contributed by atoms with E-state index in [1.807, 2.05) is 0 Å². The number of hydrogen-bond donors (Lipinski definition) is 1. The summed E-state index contributed by atoms with van der Waals surface area (Å²) in [5, 5.41) is 2.83. The third kappa shape index (κ3) is 3.10. The lowest BCUT2D eigenvalue weighted by atomic mass is 10.1. The SMILES string of the molecule is CC(Nc1c(F)cccc1Br)c1cc(F)ccc1F. The summed E-state index contributed by atoms with van der Waals surface area (Å²) in [6.07, 6.45) is 0. The second kappa shape index (κ2) is 5.65. The first-order valence-electron chi connectivity index (χ1n) is 5.64. The highest BCUT2D eigenvalue weighted by molar-refractivity contribution is 9.10. The van der Waals surface area contributed by atoms with Crippen molar-refractivity contribution in [2.45, 2.75) is 13.0 Å². The molecule has 0 aliphatic heterocycles. The van der Waals surface area contributed by atoms with Gasteiger partial charge in [-0.25, -0.2) is 13.2 Å². The lowest BCUT2D eigenvalue weighted by Gasteiger charge is -2.18. The summed E-state index contributed by atoms with van der Waals surface area (Å²) < 4.78 is 40.9. The van der Waals surface area contributed by atoms with Crippen molar-refractivity contribution in [2.75, 3.05) is 5.32 Å². The molecule has 1 atom stereocenters. The number of benzene rings is 2. The first kappa shape index (κ1) is 13.9. The molecule has 0 saturated carbocycles. The molecule has 0 aromatic heterocycles. The van der Waals surface area contributed by atoms with E-state index in [4.69, 9.17) is 0 Å². The minimum absolute atomic E-state index is 0.148. The van der Waals surface area contributed by atoms with Crippen molar-refractivity contribution < 1.29 is 13.2 Å². The Morgan fingerprint density at radius 3 is 2.47 bits per heavy atom. The third-order valence-electron chi connectivity index (χ3n) is 2.75. The van der Waals surface area contributed by atoms with Crippen LogP contribution in [0.4, 0.5) is 18.9 Å². The van der Waals surface area contributed by atoms with Crippen LogP contribution in [0, 0.1) is 17.5 Å². The summed E-state index contributed by atoms with van der Waals surface area (Å²) in [5.41, 5.74) is 0.369. The van der Waals surface area contributed by atoms with Gasteiger partial charge in [-0.3, -0.25) is 0 Å². The molecule has 0 fully saturated rings. The van der Waals surface area contributed by atoms with Crippen LogP contribution < -0.4 is 5.32 Å². The highest BCUT2D eigenvalue weighted by Gasteiger charge is 2.15. The molecule has 19 heavy (non-hydrogen) atoms. The van der Waals surface area contributed by atoms with E-state index < -0.39 is 23.5 Å². The highest BCUT2D eigenvalue weighted by atomic mass is 79.9. The van der Waals surface area contributed by atoms with Crippen LogP contribution in [0.1, 0.15) is 18.5 Å². The molecule has 100 valence electrons. The summed E-state index contributed by atoms with van der Waals surface area (Å²) in [4.78, 5) is 0. The summed E-state index contributed by atoms with van der Waals surface area (Å²) in [5.74, 6) is -1.52. The van der Waals surface area contributed by atoms with Gasteiger partial charge in [-0.2, -0.15) is 0 Å². The Balaban J connectivity index is 2.31. The molecule has 1 unspecified atom stereocenters. The maximum absolute atomic E-state index is 13.6. The van der Waals surface area contributed by atoms with Crippen LogP contribution in [-0.4, -0.2) is 0 Å². The number of hydrogen-bond acceptors (Lipinski definition) is 1. The molecule has 1 N–H and O–H groups in total. The molecule has 2 aromatic carbocycles. The molecule has 0 amide bonds. The van der Waals surface area contributed by atoms with Gasteiger partial charge in [0.15, 0.2) is 0 Å². The normalized spacial score (nSPS) is 12.3. The molecule has 0 spiro atoms. The van der Waals surface area contributed by atoms with Crippen molar-refractivity contribution in [3.63, 3.8) is 0 Å². The van der Waals surface area contributed by atoms with Crippen molar-refractivity contribution in [2.24, 2.45) is 0 Å². The smallest absolute Gasteiger partial charge is 0.147 e. The van der Waals surface area contributed by atoms with Crippen LogP contribution in [0.3, 0.4) is 0 Å². The quantitative estimate of drug-likeness (QED) is 0.831. The number of para-hydroxylation sites is 1. The summed E-state index contributed by atoms with van der Waals surface area (Å²) >= 11 is 3.21. The Kier molecular flexibility index (Phi) is 4.14. The lowest BCUT2D eigenvalue weighted by Crippen LogP contribution is -2.10. The zero-order valence-electron chi connectivity index (χ0n) is 10.1. The number of anilines is 1. The van der Waals surface area contributed by atoms with Crippen molar-refractivity contribution >= 4 is 21.6 Å². The van der Waals surface area contributed by atoms with E-state index in [1.54, 1.807) is 19.1 Å². The molecule has 0 bridgehead atoms. The van der Waals surface area contributed by atoms with Crippen LogP contribution in [0.5, 0.6) is 0 Å². The van der Waals surface area contributed by atoms with E-state index in [9.17, 15) is 13.2 Å². The van der Waals surface area contributed by atoms with Gasteiger partial charge in [0.05, 0.1) is 11.7 Å². The standard InChI is InChI=1S/C14H11BrF3N/c1-8(10-7-9(16)5-6-12(10)17)19-14-11(15)3-2-4-13(14)18/h2-8,19H,1H3. The zero-order valence-corrected chi connectivity index (χ0v) is 11.6. The topological polar surface area (TPSA) is 12.0 Å². The Morgan fingerprint density at radius 1 is 1.05 bits per heavy atom. The van der Waals surface area contributed by atoms with Gasteiger partial charge in [-0.15, -0.1) is 0 Å². The predicted octanol–water partition coefficient (Wildman–Crippen LogP) is 5.04. The van der Waals surface area contributed by atoms with Gasteiger partial charge in [0.25, 0.3) is 0 Å². The molecule has 2 aromatic rings. The molecule has 0 heterocycles. The largest absolute Gasteiger partial charge is 0.375 e. The molecule has 0 radical (unpaired) electrons. The van der Waals surface area contributed by atoms with E-state index >= 15 is 0 Å². The van der Waals surface area contributed by atoms with Gasteiger partial charge in [0.2, 0.25) is 0 Å². The Hall–Kier alpha value is -1.49. The van der Waals surface area contributed by atoms with Gasteiger partial charge >= 0.3 is 0 Å². The molecule has 0 saturated heterocycles. The van der Waals surface area contributed by atoms with Crippen LogP contribution in [0.15, 0.2) is 40.9 Å². The van der Waals surface area contributed by atoms with E-state index in [2.05, 4.69) is 21.2 Å². The second-order valence-electron chi connectivity index (χ2n) is 4.13. The maximum atomic E-state index is 13.6. The number of nitrogens with one attached hydrogen (secondary N) is 1. The summed E-state index contributed by atoms with van der Waals surface area (Å²) in [6, 6.07) is 7.15. The predicted molar refractivity (Wildman–Crippen MR) is 72.5 cm³/mol. The van der Waals surface area contributed by atoms with Gasteiger partial charge in [-0.1, -0.05) is 6.07 Å². The number of rotatable bonds is 3. The fourth-order valence-corrected chi connectivity index (χ4v) is 2.23. The Bertz CT molecular complexity index is 581. The van der Waals surface area contributed by atoms with Crippen molar-refractivity contribution in [3.8, 4) is 0 Å². The summed E-state index contributed by atoms with van der Waals surface area (Å²) in [7, 11) is 0. The van der Waals surface area contributed by atoms with E-state index in [0.29, 0.717) is 4.47 Å². The molecule has 5 heteroatoms. The first-order valence-corrected chi connectivity index (χ1v) is 6.44. The lowest BCUT2D eigenvalue weighted by molar-refractivity contribution is 0.575. The molecule has 2 rings (SSSR count). The van der Waals surface area contributed by atoms with Crippen LogP contribution >= 0.6 is 15.9 Å². The average Bonchev–Trinajstić information content (AvgIpc) is 2.37. The Morgan fingerprint density at radius 2 is 1.79 bits per heavy atom. The highest BCUT2D eigenvalue weighted by Crippen LogP contribution is 2.30. The fourth-order valence-electron chi connectivity index (χ4n) is 1.78. The molecule has 0 aliphatic rings. The number of halogens is 4. The van der Waals surface area contributed by atoms with E-state index in [1.165, 1.54) is 6.07 Å². The zero-order chi connectivity index (χ0) is 14.0. The van der Waals surface area contributed by atoms with Crippen molar-refractivity contribution in [1.82, 2.24) is 0 Å². The molecular weight excluding hydrogens is 319 g/mol.